The zero-order valence-corrected chi connectivity index (χ0v) is 15.7. The molecule has 4 aliphatic heterocycles. The van der Waals surface area contributed by atoms with Crippen LogP contribution >= 0.6 is 0 Å². The quantitative estimate of drug-likeness (QED) is 0.496. The molecule has 7 aliphatic rings. The first-order valence-electron chi connectivity index (χ1n) is 9.95. The summed E-state index contributed by atoms with van der Waals surface area (Å²) in [5, 5.41) is 0. The van der Waals surface area contributed by atoms with Crippen molar-refractivity contribution < 1.29 is 37.3 Å². The molecule has 8 atom stereocenters. The van der Waals surface area contributed by atoms with Gasteiger partial charge in [-0.1, -0.05) is 20.8 Å². The Hall–Kier alpha value is -1.38. The monoisotopic (exact) mass is 394 g/mol. The van der Waals surface area contributed by atoms with E-state index in [4.69, 9.17) is 18.9 Å². The molecule has 0 radical (unpaired) electrons. The van der Waals surface area contributed by atoms with Crippen LogP contribution in [0.1, 0.15) is 33.6 Å². The summed E-state index contributed by atoms with van der Waals surface area (Å²) in [6.45, 7) is 5.52. The third kappa shape index (κ3) is 1.25. The Morgan fingerprint density at radius 3 is 2.57 bits per heavy atom. The van der Waals surface area contributed by atoms with E-state index >= 15 is 8.78 Å². The molecule has 0 bridgehead atoms. The minimum atomic E-state index is -3.32. The van der Waals surface area contributed by atoms with Gasteiger partial charge in [0.1, 0.15) is 30.0 Å². The van der Waals surface area contributed by atoms with Gasteiger partial charge in [0.05, 0.1) is 6.10 Å². The lowest BCUT2D eigenvalue weighted by atomic mass is 9.46. The van der Waals surface area contributed by atoms with Crippen LogP contribution in [-0.2, 0) is 28.5 Å². The Labute approximate surface area is 159 Å². The number of fused-ring (bicyclic) bond motifs is 4. The molecule has 3 saturated heterocycles. The van der Waals surface area contributed by atoms with Crippen molar-refractivity contribution in [3.8, 4) is 0 Å². The first-order chi connectivity index (χ1) is 13.1. The van der Waals surface area contributed by atoms with Crippen LogP contribution in [0.5, 0.6) is 0 Å². The van der Waals surface area contributed by atoms with Gasteiger partial charge < -0.3 is 18.9 Å². The molecule has 150 valence electrons. The van der Waals surface area contributed by atoms with Gasteiger partial charge in [0.25, 0.3) is 5.92 Å². The second kappa shape index (κ2) is 3.96. The van der Waals surface area contributed by atoms with Gasteiger partial charge in [-0.2, -0.15) is 0 Å². The third-order valence-corrected chi connectivity index (χ3v) is 8.77. The van der Waals surface area contributed by atoms with Crippen molar-refractivity contribution in [1.82, 2.24) is 0 Å². The number of esters is 1. The molecule has 8 heteroatoms. The second-order valence-electron chi connectivity index (χ2n) is 9.99. The average Bonchev–Trinajstić information content (AvgIpc) is 3.48. The van der Waals surface area contributed by atoms with Crippen LogP contribution in [0.4, 0.5) is 8.78 Å². The molecule has 5 fully saturated rings. The molecule has 0 N–H and O–H groups in total. The van der Waals surface area contributed by atoms with E-state index in [0.717, 1.165) is 0 Å². The van der Waals surface area contributed by atoms with E-state index in [1.54, 1.807) is 6.92 Å². The number of ketones is 1. The Bertz CT molecular complexity index is 943. The van der Waals surface area contributed by atoms with Gasteiger partial charge in [-0.25, -0.2) is 13.6 Å². The summed E-state index contributed by atoms with van der Waals surface area (Å²) in [7, 11) is 0. The zero-order chi connectivity index (χ0) is 19.6. The highest BCUT2D eigenvalue weighted by molar-refractivity contribution is 6.05. The summed E-state index contributed by atoms with van der Waals surface area (Å²) in [6.07, 6.45) is -1.36. The largest absolute Gasteiger partial charge is 0.458 e. The van der Waals surface area contributed by atoms with Crippen LogP contribution in [0.3, 0.4) is 0 Å². The molecule has 0 aromatic heterocycles. The van der Waals surface area contributed by atoms with E-state index in [1.165, 1.54) is 0 Å². The van der Waals surface area contributed by atoms with E-state index < -0.39 is 58.3 Å². The normalized spacial score (nSPS) is 58.8. The number of rotatable bonds is 1. The van der Waals surface area contributed by atoms with Gasteiger partial charge in [0.2, 0.25) is 5.78 Å². The second-order valence-corrected chi connectivity index (χ2v) is 9.99. The molecule has 0 unspecified atom stereocenters. The maximum atomic E-state index is 15.1. The fraction of sp³-hybridized carbons (Fsp3) is 0.800. The number of carbonyl (C=O) groups is 2. The highest BCUT2D eigenvalue weighted by atomic mass is 19.3. The van der Waals surface area contributed by atoms with Crippen molar-refractivity contribution in [1.29, 1.82) is 0 Å². The van der Waals surface area contributed by atoms with Crippen molar-refractivity contribution >= 4 is 11.8 Å². The average molecular weight is 394 g/mol. The number of hydrogen-bond acceptors (Lipinski definition) is 6. The molecule has 4 heterocycles. The molecule has 3 aliphatic carbocycles. The van der Waals surface area contributed by atoms with Crippen molar-refractivity contribution in [2.24, 2.45) is 17.3 Å². The number of cyclic esters (lactones) is 1. The van der Waals surface area contributed by atoms with E-state index in [2.05, 4.69) is 0 Å². The molecular formula is C20H20F2O6. The number of alkyl halides is 2. The fourth-order valence-electron chi connectivity index (χ4n) is 7.53. The topological polar surface area (TPSA) is 81.0 Å². The van der Waals surface area contributed by atoms with E-state index in [0.29, 0.717) is 12.0 Å². The number of epoxide rings is 3. The van der Waals surface area contributed by atoms with Crippen LogP contribution in [0.25, 0.3) is 0 Å². The molecule has 7 rings (SSSR count). The van der Waals surface area contributed by atoms with Crippen molar-refractivity contribution in [3.05, 3.63) is 11.1 Å². The van der Waals surface area contributed by atoms with Crippen LogP contribution in [0, 0.1) is 17.3 Å². The first kappa shape index (κ1) is 16.4. The number of hydrogen-bond donors (Lipinski definition) is 0. The van der Waals surface area contributed by atoms with Crippen molar-refractivity contribution in [3.63, 3.8) is 0 Å². The van der Waals surface area contributed by atoms with Crippen molar-refractivity contribution in [2.75, 3.05) is 6.61 Å². The van der Waals surface area contributed by atoms with Gasteiger partial charge in [0, 0.05) is 11.8 Å². The van der Waals surface area contributed by atoms with E-state index in [9.17, 15) is 9.59 Å². The molecule has 2 spiro atoms. The van der Waals surface area contributed by atoms with Crippen LogP contribution in [-0.4, -0.2) is 59.4 Å². The fourth-order valence-corrected chi connectivity index (χ4v) is 7.53. The Balaban J connectivity index is 1.42. The van der Waals surface area contributed by atoms with Gasteiger partial charge in [-0.05, 0) is 23.8 Å². The lowest BCUT2D eigenvalue weighted by Crippen LogP contribution is -2.68. The predicted octanol–water partition coefficient (Wildman–Crippen LogP) is 1.56. The van der Waals surface area contributed by atoms with Gasteiger partial charge in [-0.3, -0.25) is 4.79 Å². The van der Waals surface area contributed by atoms with E-state index in [-0.39, 0.29) is 30.3 Å². The Kier molecular flexibility index (Phi) is 2.32. The zero-order valence-electron chi connectivity index (χ0n) is 15.7. The predicted molar refractivity (Wildman–Crippen MR) is 86.4 cm³/mol. The Morgan fingerprint density at radius 1 is 1.11 bits per heavy atom. The maximum absolute atomic E-state index is 15.1. The smallest absolute Gasteiger partial charge is 0.340 e. The Morgan fingerprint density at radius 2 is 1.86 bits per heavy atom. The number of carbonyl (C=O) groups excluding carboxylic acids is 2. The summed E-state index contributed by atoms with van der Waals surface area (Å²) < 4.78 is 53.5. The van der Waals surface area contributed by atoms with Crippen LogP contribution < -0.4 is 0 Å². The third-order valence-electron chi connectivity index (χ3n) is 8.77. The molecular weight excluding hydrogens is 374 g/mol. The summed E-state index contributed by atoms with van der Waals surface area (Å²) in [5.41, 5.74) is -4.39. The van der Waals surface area contributed by atoms with E-state index in [1.807, 2.05) is 13.8 Å². The molecule has 0 aromatic carbocycles. The molecule has 2 saturated carbocycles. The molecule has 6 nitrogen and oxygen atoms in total. The summed E-state index contributed by atoms with van der Waals surface area (Å²) in [5.74, 6) is -4.76. The standard InChI is InChI=1S/C20H20F2O6/c1-7(2)18-12(27-18)13-20(28-13)16(3)6-17(21,22)11-8(5-25-14(11)23)9(16)4-10-19(20,26-10)15(18)24/h7,9-10,12-13H,4-6H2,1-3H3/t9-,10-,12-,13-,16-,18-,19+,20+/m0/s1. The summed E-state index contributed by atoms with van der Waals surface area (Å²) in [6, 6.07) is 0. The van der Waals surface area contributed by atoms with Crippen molar-refractivity contribution in [2.45, 2.75) is 74.7 Å². The number of Topliss-reactive ketones (excluding diaryl/α,β-unsaturated/α-hetero) is 1. The van der Waals surface area contributed by atoms with Crippen LogP contribution in [0.2, 0.25) is 0 Å². The minimum Gasteiger partial charge on any atom is -0.458 e. The molecule has 0 aromatic rings. The lowest BCUT2D eigenvalue weighted by Gasteiger charge is -2.52. The minimum absolute atomic E-state index is 0.0417. The van der Waals surface area contributed by atoms with Gasteiger partial charge in [0.15, 0.2) is 11.2 Å². The van der Waals surface area contributed by atoms with Gasteiger partial charge >= 0.3 is 5.97 Å². The summed E-state index contributed by atoms with van der Waals surface area (Å²) >= 11 is 0. The molecule has 0 amide bonds. The number of ether oxygens (including phenoxy) is 4. The first-order valence-corrected chi connectivity index (χ1v) is 9.95. The highest BCUT2D eigenvalue weighted by Gasteiger charge is 3.01. The SMILES string of the molecule is CC(C)[C@]12O[C@H]1[C@@H]1O[C@@]13[C@@]1(C)CC(F)(F)C4=C(COC4=O)[C@@H]1C[C@@H]1O[C@@]13C2=O. The molecule has 28 heavy (non-hydrogen) atoms. The lowest BCUT2D eigenvalue weighted by molar-refractivity contribution is -0.147. The van der Waals surface area contributed by atoms with Gasteiger partial charge in [-0.15, -0.1) is 0 Å². The maximum Gasteiger partial charge on any atom is 0.340 e. The van der Waals surface area contributed by atoms with Crippen LogP contribution in [0.15, 0.2) is 11.1 Å². The number of halogens is 2. The highest BCUT2D eigenvalue weighted by Crippen LogP contribution is 2.82. The summed E-state index contributed by atoms with van der Waals surface area (Å²) in [4.78, 5) is 25.6.